The van der Waals surface area contributed by atoms with Gasteiger partial charge in [-0.1, -0.05) is 18.2 Å². The van der Waals surface area contributed by atoms with E-state index in [9.17, 15) is 0 Å². The zero-order chi connectivity index (χ0) is 14.8. The van der Waals surface area contributed by atoms with Gasteiger partial charge in [-0.3, -0.25) is 0 Å². The highest BCUT2D eigenvalue weighted by atomic mass is 32.1. The van der Waals surface area contributed by atoms with Crippen LogP contribution in [0.25, 0.3) is 0 Å². The zero-order valence-electron chi connectivity index (χ0n) is 13.0. The third-order valence-electron chi connectivity index (χ3n) is 4.48. The molecule has 0 bridgehead atoms. The molecule has 2 aromatic rings. The van der Waals surface area contributed by atoms with Gasteiger partial charge in [0.1, 0.15) is 5.75 Å². The van der Waals surface area contributed by atoms with Gasteiger partial charge in [-0.05, 0) is 62.9 Å². The molecule has 1 N–H and O–H groups in total. The lowest BCUT2D eigenvalue weighted by molar-refractivity contribution is 0.256. The van der Waals surface area contributed by atoms with E-state index >= 15 is 0 Å². The standard InChI is InChI=1S/C18H23NOS/c1-12-10-18(21-13(12)2)16(19-3)11-14-8-9-20-17-7-5-4-6-15(14)17/h4-7,10,14,16,19H,8-9,11H2,1-3H3. The topological polar surface area (TPSA) is 21.3 Å². The monoisotopic (exact) mass is 301 g/mol. The number of hydrogen-bond donors (Lipinski definition) is 1. The molecule has 1 aliphatic heterocycles. The number of fused-ring (bicyclic) bond motifs is 1. The molecule has 0 fully saturated rings. The van der Waals surface area contributed by atoms with E-state index in [1.165, 1.54) is 20.9 Å². The maximum atomic E-state index is 5.78. The van der Waals surface area contributed by atoms with E-state index in [1.54, 1.807) is 0 Å². The largest absolute Gasteiger partial charge is 0.493 e. The summed E-state index contributed by atoms with van der Waals surface area (Å²) in [5, 5.41) is 3.51. The fourth-order valence-corrected chi connectivity index (χ4v) is 4.26. The maximum absolute atomic E-state index is 5.78. The summed E-state index contributed by atoms with van der Waals surface area (Å²) in [6.45, 7) is 5.24. The summed E-state index contributed by atoms with van der Waals surface area (Å²) >= 11 is 1.92. The highest BCUT2D eigenvalue weighted by Crippen LogP contribution is 2.40. The van der Waals surface area contributed by atoms with Crippen molar-refractivity contribution in [3.8, 4) is 5.75 Å². The van der Waals surface area contributed by atoms with E-state index in [-0.39, 0.29) is 0 Å². The molecule has 21 heavy (non-hydrogen) atoms. The minimum absolute atomic E-state index is 0.429. The first-order chi connectivity index (χ1) is 10.2. The van der Waals surface area contributed by atoms with Crippen molar-refractivity contribution in [3.05, 3.63) is 51.2 Å². The fourth-order valence-electron chi connectivity index (χ4n) is 3.09. The molecule has 2 nitrogen and oxygen atoms in total. The molecule has 112 valence electrons. The summed E-state index contributed by atoms with van der Waals surface area (Å²) in [7, 11) is 2.07. The number of hydrogen-bond acceptors (Lipinski definition) is 3. The Morgan fingerprint density at radius 1 is 1.33 bits per heavy atom. The average Bonchev–Trinajstić information content (AvgIpc) is 2.84. The molecule has 1 aromatic carbocycles. The van der Waals surface area contributed by atoms with E-state index in [0.717, 1.165) is 25.2 Å². The van der Waals surface area contributed by atoms with Crippen LogP contribution >= 0.6 is 11.3 Å². The van der Waals surface area contributed by atoms with E-state index < -0.39 is 0 Å². The molecule has 0 saturated carbocycles. The van der Waals surface area contributed by atoms with Crippen LogP contribution in [-0.2, 0) is 0 Å². The van der Waals surface area contributed by atoms with Crippen LogP contribution in [0.5, 0.6) is 5.75 Å². The van der Waals surface area contributed by atoms with Crippen LogP contribution in [0.1, 0.15) is 45.7 Å². The minimum Gasteiger partial charge on any atom is -0.493 e. The van der Waals surface area contributed by atoms with Gasteiger partial charge in [0.25, 0.3) is 0 Å². The lowest BCUT2D eigenvalue weighted by Gasteiger charge is -2.28. The quantitative estimate of drug-likeness (QED) is 0.892. The normalized spacial score (nSPS) is 18.9. The van der Waals surface area contributed by atoms with Crippen molar-refractivity contribution < 1.29 is 4.74 Å². The highest BCUT2D eigenvalue weighted by molar-refractivity contribution is 7.12. The Morgan fingerprint density at radius 2 is 2.14 bits per heavy atom. The predicted octanol–water partition coefficient (Wildman–Crippen LogP) is 4.58. The number of thiophene rings is 1. The second-order valence-electron chi connectivity index (χ2n) is 5.84. The molecule has 0 saturated heterocycles. The van der Waals surface area contributed by atoms with Crippen LogP contribution in [0.3, 0.4) is 0 Å². The third kappa shape index (κ3) is 2.99. The molecule has 2 atom stereocenters. The fraction of sp³-hybridized carbons (Fsp3) is 0.444. The molecule has 0 aliphatic carbocycles. The van der Waals surface area contributed by atoms with Gasteiger partial charge in [0.15, 0.2) is 0 Å². The molecule has 1 aliphatic rings. The van der Waals surface area contributed by atoms with E-state index in [0.29, 0.717) is 12.0 Å². The Hall–Kier alpha value is -1.32. The van der Waals surface area contributed by atoms with Crippen molar-refractivity contribution in [3.63, 3.8) is 0 Å². The Balaban J connectivity index is 1.82. The van der Waals surface area contributed by atoms with E-state index in [2.05, 4.69) is 56.5 Å². The van der Waals surface area contributed by atoms with Crippen molar-refractivity contribution in [2.45, 2.75) is 38.6 Å². The van der Waals surface area contributed by atoms with Crippen molar-refractivity contribution in [1.82, 2.24) is 5.32 Å². The van der Waals surface area contributed by atoms with Crippen molar-refractivity contribution in [2.75, 3.05) is 13.7 Å². The van der Waals surface area contributed by atoms with Crippen molar-refractivity contribution in [1.29, 1.82) is 0 Å². The van der Waals surface area contributed by atoms with Crippen molar-refractivity contribution >= 4 is 11.3 Å². The van der Waals surface area contributed by atoms with Crippen molar-refractivity contribution in [2.24, 2.45) is 0 Å². The van der Waals surface area contributed by atoms with Crippen LogP contribution in [0.2, 0.25) is 0 Å². The first-order valence-corrected chi connectivity index (χ1v) is 8.46. The SMILES string of the molecule is CNC(CC1CCOc2ccccc21)c1cc(C)c(C)s1. The van der Waals surface area contributed by atoms with Crippen LogP contribution < -0.4 is 10.1 Å². The summed E-state index contributed by atoms with van der Waals surface area (Å²) < 4.78 is 5.78. The molecule has 3 heteroatoms. The highest BCUT2D eigenvalue weighted by Gasteiger charge is 2.25. The van der Waals surface area contributed by atoms with E-state index in [4.69, 9.17) is 4.74 Å². The molecule has 2 heterocycles. The maximum Gasteiger partial charge on any atom is 0.122 e. The summed E-state index contributed by atoms with van der Waals surface area (Å²) in [5.41, 5.74) is 2.77. The van der Waals surface area contributed by atoms with Gasteiger partial charge in [0.2, 0.25) is 0 Å². The molecule has 0 spiro atoms. The Bertz CT molecular complexity index is 600. The number of benzene rings is 1. The second-order valence-corrected chi connectivity index (χ2v) is 7.12. The third-order valence-corrected chi connectivity index (χ3v) is 5.75. The van der Waals surface area contributed by atoms with Gasteiger partial charge >= 0.3 is 0 Å². The van der Waals surface area contributed by atoms with Crippen LogP contribution in [-0.4, -0.2) is 13.7 Å². The molecule has 1 aromatic heterocycles. The van der Waals surface area contributed by atoms with Gasteiger partial charge in [0.05, 0.1) is 6.61 Å². The Morgan fingerprint density at radius 3 is 2.86 bits per heavy atom. The summed E-state index contributed by atoms with van der Waals surface area (Å²) in [6, 6.07) is 11.3. The summed E-state index contributed by atoms with van der Waals surface area (Å²) in [5.74, 6) is 1.65. The number of aryl methyl sites for hydroxylation is 2. The molecule has 0 radical (unpaired) electrons. The molecular weight excluding hydrogens is 278 g/mol. The second kappa shape index (κ2) is 6.20. The molecular formula is C18H23NOS. The first-order valence-electron chi connectivity index (χ1n) is 7.65. The number of ether oxygens (including phenoxy) is 1. The van der Waals surface area contributed by atoms with Gasteiger partial charge in [0, 0.05) is 15.8 Å². The molecule has 0 amide bonds. The number of nitrogens with one attached hydrogen (secondary N) is 1. The van der Waals surface area contributed by atoms with Crippen LogP contribution in [0.15, 0.2) is 30.3 Å². The summed E-state index contributed by atoms with van der Waals surface area (Å²) in [6.07, 6.45) is 2.24. The van der Waals surface area contributed by atoms with Gasteiger partial charge < -0.3 is 10.1 Å². The van der Waals surface area contributed by atoms with Crippen LogP contribution in [0.4, 0.5) is 0 Å². The first kappa shape index (κ1) is 14.6. The lowest BCUT2D eigenvalue weighted by atomic mass is 9.87. The molecule has 3 rings (SSSR count). The zero-order valence-corrected chi connectivity index (χ0v) is 13.8. The van der Waals surface area contributed by atoms with Gasteiger partial charge in [-0.25, -0.2) is 0 Å². The van der Waals surface area contributed by atoms with Gasteiger partial charge in [-0.15, -0.1) is 11.3 Å². The Labute approximate surface area is 131 Å². The lowest BCUT2D eigenvalue weighted by Crippen LogP contribution is -2.22. The number of para-hydroxylation sites is 1. The van der Waals surface area contributed by atoms with Gasteiger partial charge in [-0.2, -0.15) is 0 Å². The van der Waals surface area contributed by atoms with Crippen LogP contribution in [0, 0.1) is 13.8 Å². The summed E-state index contributed by atoms with van der Waals surface area (Å²) in [4.78, 5) is 2.88. The minimum atomic E-state index is 0.429. The smallest absolute Gasteiger partial charge is 0.122 e. The molecule has 2 unspecified atom stereocenters. The van der Waals surface area contributed by atoms with E-state index in [1.807, 2.05) is 11.3 Å². The number of rotatable bonds is 4. The predicted molar refractivity (Wildman–Crippen MR) is 89.5 cm³/mol. The Kier molecular flexibility index (Phi) is 4.32. The average molecular weight is 301 g/mol.